The van der Waals surface area contributed by atoms with Gasteiger partial charge < -0.3 is 4.74 Å². The van der Waals surface area contributed by atoms with Crippen LogP contribution in [-0.2, 0) is 6.42 Å². The van der Waals surface area contributed by atoms with Gasteiger partial charge in [-0.25, -0.2) is 4.98 Å². The lowest BCUT2D eigenvalue weighted by Gasteiger charge is -2.19. The third-order valence-corrected chi connectivity index (χ3v) is 4.97. The summed E-state index contributed by atoms with van der Waals surface area (Å²) in [5.74, 6) is 1.63. The smallest absolute Gasteiger partial charge is 0.118 e. The van der Waals surface area contributed by atoms with Gasteiger partial charge >= 0.3 is 0 Å². The molecule has 0 radical (unpaired) electrons. The quantitative estimate of drug-likeness (QED) is 0.806. The number of thiazole rings is 1. The Labute approximate surface area is 124 Å². The van der Waals surface area contributed by atoms with E-state index in [0.717, 1.165) is 12.2 Å². The van der Waals surface area contributed by atoms with E-state index in [1.807, 2.05) is 12.1 Å². The fourth-order valence-corrected chi connectivity index (χ4v) is 3.82. The first-order valence-corrected chi connectivity index (χ1v) is 8.30. The van der Waals surface area contributed by atoms with Crippen molar-refractivity contribution in [2.75, 3.05) is 7.11 Å². The molecule has 0 N–H and O–H groups in total. The largest absolute Gasteiger partial charge is 0.497 e. The van der Waals surface area contributed by atoms with Crippen LogP contribution in [0, 0.1) is 0 Å². The number of methoxy groups -OCH3 is 1. The van der Waals surface area contributed by atoms with Crippen molar-refractivity contribution in [2.45, 2.75) is 44.4 Å². The van der Waals surface area contributed by atoms with Gasteiger partial charge in [-0.3, -0.25) is 0 Å². The van der Waals surface area contributed by atoms with E-state index in [0.29, 0.717) is 5.92 Å². The highest BCUT2D eigenvalue weighted by molar-refractivity contribution is 7.09. The number of hydrogen-bond acceptors (Lipinski definition) is 3. The third kappa shape index (κ3) is 3.21. The van der Waals surface area contributed by atoms with E-state index in [9.17, 15) is 0 Å². The highest BCUT2D eigenvalue weighted by Gasteiger charge is 2.18. The monoisotopic (exact) mass is 287 g/mol. The summed E-state index contributed by atoms with van der Waals surface area (Å²) in [7, 11) is 1.70. The highest BCUT2D eigenvalue weighted by atomic mass is 32.1. The van der Waals surface area contributed by atoms with Crippen LogP contribution in [0.5, 0.6) is 5.75 Å². The minimum absolute atomic E-state index is 0.713. The number of nitrogens with zero attached hydrogens (tertiary/aromatic N) is 1. The zero-order valence-corrected chi connectivity index (χ0v) is 12.8. The van der Waals surface area contributed by atoms with Gasteiger partial charge in [0.1, 0.15) is 5.75 Å². The van der Waals surface area contributed by atoms with Gasteiger partial charge in [-0.05, 0) is 30.5 Å². The number of hydrogen-bond donors (Lipinski definition) is 0. The first-order chi connectivity index (χ1) is 9.85. The lowest BCUT2D eigenvalue weighted by atomic mass is 9.87. The minimum atomic E-state index is 0.713. The first kappa shape index (κ1) is 13.6. The lowest BCUT2D eigenvalue weighted by molar-refractivity contribution is 0.414. The number of aromatic nitrogens is 1. The van der Waals surface area contributed by atoms with Crippen LogP contribution < -0.4 is 4.74 Å². The molecule has 0 spiro atoms. The van der Waals surface area contributed by atoms with E-state index in [4.69, 9.17) is 9.72 Å². The molecule has 0 bridgehead atoms. The second kappa shape index (κ2) is 6.40. The van der Waals surface area contributed by atoms with Gasteiger partial charge in [0, 0.05) is 17.7 Å². The molecule has 0 atom stereocenters. The summed E-state index contributed by atoms with van der Waals surface area (Å²) in [6.07, 6.45) is 7.73. The van der Waals surface area contributed by atoms with Gasteiger partial charge in [-0.2, -0.15) is 0 Å². The fraction of sp³-hybridized carbons (Fsp3) is 0.471. The van der Waals surface area contributed by atoms with Crippen LogP contribution in [-0.4, -0.2) is 12.1 Å². The van der Waals surface area contributed by atoms with Crippen LogP contribution in [0.15, 0.2) is 29.6 Å². The van der Waals surface area contributed by atoms with Crippen LogP contribution in [0.2, 0.25) is 0 Å². The van der Waals surface area contributed by atoms with Gasteiger partial charge in [0.15, 0.2) is 0 Å². The van der Waals surface area contributed by atoms with Gasteiger partial charge in [0.25, 0.3) is 0 Å². The Morgan fingerprint density at radius 2 is 1.90 bits per heavy atom. The first-order valence-electron chi connectivity index (χ1n) is 7.42. The normalized spacial score (nSPS) is 16.2. The molecular formula is C17H21NOS. The Bertz CT molecular complexity index is 540. The molecule has 106 valence electrons. The number of rotatable bonds is 4. The summed E-state index contributed by atoms with van der Waals surface area (Å²) in [5, 5.41) is 3.50. The van der Waals surface area contributed by atoms with Crippen LogP contribution in [0.3, 0.4) is 0 Å². The van der Waals surface area contributed by atoms with Crippen LogP contribution in [0.4, 0.5) is 0 Å². The molecule has 1 saturated carbocycles. The van der Waals surface area contributed by atoms with E-state index >= 15 is 0 Å². The van der Waals surface area contributed by atoms with Gasteiger partial charge in [0.2, 0.25) is 0 Å². The Balaban J connectivity index is 1.66. The van der Waals surface area contributed by atoms with Crippen molar-refractivity contribution < 1.29 is 4.74 Å². The van der Waals surface area contributed by atoms with Crippen molar-refractivity contribution in [2.24, 2.45) is 0 Å². The molecule has 1 heterocycles. The van der Waals surface area contributed by atoms with E-state index in [1.54, 1.807) is 18.4 Å². The van der Waals surface area contributed by atoms with E-state index in [1.165, 1.54) is 48.4 Å². The summed E-state index contributed by atoms with van der Waals surface area (Å²) in [6.45, 7) is 0. The summed E-state index contributed by atoms with van der Waals surface area (Å²) in [6, 6.07) is 8.29. The number of ether oxygens (including phenoxy) is 1. The van der Waals surface area contributed by atoms with Gasteiger partial charge in [0.05, 0.1) is 17.8 Å². The second-order valence-electron chi connectivity index (χ2n) is 5.53. The fourth-order valence-electron chi connectivity index (χ4n) is 2.91. The highest BCUT2D eigenvalue weighted by Crippen LogP contribution is 2.33. The Kier molecular flexibility index (Phi) is 4.36. The number of benzene rings is 1. The zero-order chi connectivity index (χ0) is 13.8. The molecule has 0 aliphatic heterocycles. The van der Waals surface area contributed by atoms with Gasteiger partial charge in [-0.1, -0.05) is 31.4 Å². The Morgan fingerprint density at radius 1 is 1.15 bits per heavy atom. The van der Waals surface area contributed by atoms with Crippen LogP contribution >= 0.6 is 11.3 Å². The maximum absolute atomic E-state index is 5.19. The molecule has 1 aliphatic carbocycles. The maximum Gasteiger partial charge on any atom is 0.118 e. The third-order valence-electron chi connectivity index (χ3n) is 4.11. The standard InChI is InChI=1S/C17H21NOS/c1-19-15-9-7-13(8-10-15)11-17-18-16(12-20-17)14-5-3-2-4-6-14/h7-10,12,14H,2-6,11H2,1H3. The second-order valence-corrected chi connectivity index (χ2v) is 6.47. The molecule has 0 unspecified atom stereocenters. The molecule has 0 saturated heterocycles. The van der Waals surface area contributed by atoms with Crippen molar-refractivity contribution in [3.05, 3.63) is 45.9 Å². The van der Waals surface area contributed by atoms with Crippen molar-refractivity contribution in [1.82, 2.24) is 4.98 Å². The zero-order valence-electron chi connectivity index (χ0n) is 12.0. The molecule has 1 aromatic heterocycles. The molecule has 1 fully saturated rings. The topological polar surface area (TPSA) is 22.1 Å². The summed E-state index contributed by atoms with van der Waals surface area (Å²) >= 11 is 1.81. The van der Waals surface area contributed by atoms with Crippen molar-refractivity contribution in [3.63, 3.8) is 0 Å². The van der Waals surface area contributed by atoms with Crippen LogP contribution in [0.25, 0.3) is 0 Å². The summed E-state index contributed by atoms with van der Waals surface area (Å²) in [4.78, 5) is 4.86. The average molecular weight is 287 g/mol. The maximum atomic E-state index is 5.19. The van der Waals surface area contributed by atoms with Crippen LogP contribution in [0.1, 0.15) is 54.3 Å². The Morgan fingerprint density at radius 3 is 2.60 bits per heavy atom. The molecule has 2 nitrogen and oxygen atoms in total. The molecular weight excluding hydrogens is 266 g/mol. The van der Waals surface area contributed by atoms with E-state index in [-0.39, 0.29) is 0 Å². The Hall–Kier alpha value is -1.35. The summed E-state index contributed by atoms with van der Waals surface area (Å²) in [5.41, 5.74) is 2.63. The molecule has 1 aliphatic rings. The molecule has 3 heteroatoms. The lowest BCUT2D eigenvalue weighted by Crippen LogP contribution is -2.04. The molecule has 0 amide bonds. The molecule has 2 aromatic rings. The SMILES string of the molecule is COc1ccc(Cc2nc(C3CCCCC3)cs2)cc1. The van der Waals surface area contributed by atoms with Crippen molar-refractivity contribution >= 4 is 11.3 Å². The van der Waals surface area contributed by atoms with E-state index in [2.05, 4.69) is 17.5 Å². The van der Waals surface area contributed by atoms with E-state index < -0.39 is 0 Å². The molecule has 20 heavy (non-hydrogen) atoms. The average Bonchev–Trinajstić information content (AvgIpc) is 2.97. The predicted molar refractivity (Wildman–Crippen MR) is 83.7 cm³/mol. The summed E-state index contributed by atoms with van der Waals surface area (Å²) < 4.78 is 5.19. The van der Waals surface area contributed by atoms with Gasteiger partial charge in [-0.15, -0.1) is 11.3 Å². The molecule has 1 aromatic carbocycles. The minimum Gasteiger partial charge on any atom is -0.497 e. The van der Waals surface area contributed by atoms with Crippen molar-refractivity contribution in [1.29, 1.82) is 0 Å². The molecule has 3 rings (SSSR count). The van der Waals surface area contributed by atoms with Crippen molar-refractivity contribution in [3.8, 4) is 5.75 Å². The predicted octanol–water partition coefficient (Wildman–Crippen LogP) is 4.79.